The van der Waals surface area contributed by atoms with Gasteiger partial charge >= 0.3 is 0 Å². The first kappa shape index (κ1) is 23.0. The number of phenols is 1. The molecule has 1 unspecified atom stereocenters. The van der Waals surface area contributed by atoms with Crippen molar-refractivity contribution in [3.05, 3.63) is 48.0 Å². The molecule has 1 aliphatic heterocycles. The lowest BCUT2D eigenvalue weighted by Crippen LogP contribution is -2.43. The zero-order chi connectivity index (χ0) is 23.4. The van der Waals surface area contributed by atoms with Crippen LogP contribution in [0.25, 0.3) is 11.4 Å². The van der Waals surface area contributed by atoms with Gasteiger partial charge in [-0.25, -0.2) is 13.5 Å². The summed E-state index contributed by atoms with van der Waals surface area (Å²) in [5, 5.41) is 37.7. The highest BCUT2D eigenvalue weighted by Gasteiger charge is 2.21. The van der Waals surface area contributed by atoms with Crippen LogP contribution in [0.5, 0.6) is 5.75 Å². The molecule has 5 N–H and O–H groups in total. The molecule has 1 atom stereocenters. The molecule has 3 aromatic rings. The van der Waals surface area contributed by atoms with Gasteiger partial charge in [-0.3, -0.25) is 4.72 Å². The molecular weight excluding hydrogens is 446 g/mol. The van der Waals surface area contributed by atoms with E-state index in [1.165, 1.54) is 12.1 Å². The predicted octanol–water partition coefficient (Wildman–Crippen LogP) is 1.24. The third-order valence-electron chi connectivity index (χ3n) is 5.65. The van der Waals surface area contributed by atoms with Crippen LogP contribution in [-0.4, -0.2) is 71.2 Å². The standard InChI is InChI=1S/C21H27N7O4S/c1-33(31,32)25-18-12-15(4-7-19(18)29)20(30)13-22-16-8-10-28(11-9-16)17-5-2-14(3-6-17)21-23-26-27-24-21/h2-7,12,16,20,22,25,29-30H,8-11,13H2,1H3,(H,23,24,26,27). The maximum Gasteiger partial charge on any atom is 0.229 e. The van der Waals surface area contributed by atoms with Crippen LogP contribution in [0, 0.1) is 0 Å². The molecule has 0 spiro atoms. The van der Waals surface area contributed by atoms with E-state index in [0.29, 0.717) is 17.9 Å². The number of nitrogens with one attached hydrogen (secondary N) is 3. The van der Waals surface area contributed by atoms with E-state index >= 15 is 0 Å². The molecule has 2 heterocycles. The highest BCUT2D eigenvalue weighted by atomic mass is 32.2. The van der Waals surface area contributed by atoms with Crippen molar-refractivity contribution >= 4 is 21.4 Å². The Bertz CT molecular complexity index is 1160. The molecule has 11 nitrogen and oxygen atoms in total. The number of hydrogen-bond donors (Lipinski definition) is 5. The van der Waals surface area contributed by atoms with Crippen molar-refractivity contribution in [2.75, 3.05) is 35.5 Å². The number of aromatic amines is 1. The summed E-state index contributed by atoms with van der Waals surface area (Å²) in [5.41, 5.74) is 2.64. The summed E-state index contributed by atoms with van der Waals surface area (Å²) in [6, 6.07) is 12.8. The van der Waals surface area contributed by atoms with Crippen molar-refractivity contribution in [3.8, 4) is 17.1 Å². The Kier molecular flexibility index (Phi) is 6.77. The molecule has 33 heavy (non-hydrogen) atoms. The van der Waals surface area contributed by atoms with Gasteiger partial charge < -0.3 is 20.4 Å². The molecule has 176 valence electrons. The fourth-order valence-electron chi connectivity index (χ4n) is 3.89. The second-order valence-corrected chi connectivity index (χ2v) is 9.88. The normalized spacial score (nSPS) is 16.0. The highest BCUT2D eigenvalue weighted by molar-refractivity contribution is 7.92. The van der Waals surface area contributed by atoms with E-state index in [1.807, 2.05) is 12.1 Å². The van der Waals surface area contributed by atoms with Gasteiger partial charge in [-0.15, -0.1) is 5.10 Å². The van der Waals surface area contributed by atoms with Gasteiger partial charge in [0.1, 0.15) is 5.75 Å². The quantitative estimate of drug-likeness (QED) is 0.304. The van der Waals surface area contributed by atoms with Gasteiger partial charge in [0.05, 0.1) is 18.0 Å². The Morgan fingerprint density at radius 1 is 1.18 bits per heavy atom. The molecule has 0 aliphatic carbocycles. The topological polar surface area (TPSA) is 156 Å². The second-order valence-electron chi connectivity index (χ2n) is 8.13. The molecule has 1 aromatic heterocycles. The van der Waals surface area contributed by atoms with E-state index in [1.54, 1.807) is 6.07 Å². The summed E-state index contributed by atoms with van der Waals surface area (Å²) in [4.78, 5) is 2.32. The van der Waals surface area contributed by atoms with Crippen LogP contribution < -0.4 is 14.9 Å². The van der Waals surface area contributed by atoms with Crippen molar-refractivity contribution in [1.29, 1.82) is 0 Å². The van der Waals surface area contributed by atoms with Gasteiger partial charge in [-0.05, 0) is 65.2 Å². The number of aromatic nitrogens is 4. The molecule has 2 aromatic carbocycles. The Balaban J connectivity index is 1.28. The van der Waals surface area contributed by atoms with Crippen molar-refractivity contribution in [2.24, 2.45) is 0 Å². The van der Waals surface area contributed by atoms with Crippen LogP contribution in [0.4, 0.5) is 11.4 Å². The third-order valence-corrected chi connectivity index (χ3v) is 6.24. The second kappa shape index (κ2) is 9.73. The fraction of sp³-hybridized carbons (Fsp3) is 0.381. The molecule has 4 rings (SSSR count). The lowest BCUT2D eigenvalue weighted by Gasteiger charge is -2.34. The van der Waals surface area contributed by atoms with Crippen LogP contribution in [0.3, 0.4) is 0 Å². The van der Waals surface area contributed by atoms with Crippen LogP contribution in [0.15, 0.2) is 42.5 Å². The summed E-state index contributed by atoms with van der Waals surface area (Å²) in [7, 11) is -3.54. The van der Waals surface area contributed by atoms with Crippen molar-refractivity contribution < 1.29 is 18.6 Å². The molecule has 0 saturated carbocycles. The van der Waals surface area contributed by atoms with E-state index in [4.69, 9.17) is 0 Å². The van der Waals surface area contributed by atoms with Crippen LogP contribution in [0.1, 0.15) is 24.5 Å². The molecule has 12 heteroatoms. The van der Waals surface area contributed by atoms with E-state index in [0.717, 1.165) is 43.4 Å². The third kappa shape index (κ3) is 5.97. The van der Waals surface area contributed by atoms with Crippen molar-refractivity contribution in [3.63, 3.8) is 0 Å². The number of phenolic OH excluding ortho intramolecular Hbond substituents is 1. The largest absolute Gasteiger partial charge is 0.506 e. The van der Waals surface area contributed by atoms with E-state index < -0.39 is 16.1 Å². The van der Waals surface area contributed by atoms with Gasteiger partial charge in [0.15, 0.2) is 5.82 Å². The number of rotatable bonds is 8. The van der Waals surface area contributed by atoms with Gasteiger partial charge in [-0.1, -0.05) is 6.07 Å². The fourth-order valence-corrected chi connectivity index (χ4v) is 4.45. The molecular formula is C21H27N7O4S. The molecule has 1 aliphatic rings. The highest BCUT2D eigenvalue weighted by Crippen LogP contribution is 2.28. The van der Waals surface area contributed by atoms with Crippen LogP contribution in [0.2, 0.25) is 0 Å². The minimum atomic E-state index is -3.54. The summed E-state index contributed by atoms with van der Waals surface area (Å²) in [5.74, 6) is 0.443. The van der Waals surface area contributed by atoms with Crippen molar-refractivity contribution in [2.45, 2.75) is 25.0 Å². The number of benzene rings is 2. The van der Waals surface area contributed by atoms with E-state index in [2.05, 4.69) is 47.7 Å². The average Bonchev–Trinajstić information content (AvgIpc) is 3.33. The number of aromatic hydroxyl groups is 1. The van der Waals surface area contributed by atoms with Crippen LogP contribution in [-0.2, 0) is 10.0 Å². The Hall–Kier alpha value is -3.22. The number of aliphatic hydroxyl groups is 1. The molecule has 0 bridgehead atoms. The zero-order valence-electron chi connectivity index (χ0n) is 18.1. The minimum Gasteiger partial charge on any atom is -0.506 e. The Morgan fingerprint density at radius 3 is 2.55 bits per heavy atom. The van der Waals surface area contributed by atoms with Gasteiger partial charge in [0.25, 0.3) is 0 Å². The summed E-state index contributed by atoms with van der Waals surface area (Å²) < 4.78 is 25.2. The predicted molar refractivity (Wildman–Crippen MR) is 124 cm³/mol. The summed E-state index contributed by atoms with van der Waals surface area (Å²) in [6.45, 7) is 2.10. The minimum absolute atomic E-state index is 0.0490. The lowest BCUT2D eigenvalue weighted by atomic mass is 10.0. The number of sulfonamides is 1. The SMILES string of the molecule is CS(=O)(=O)Nc1cc(C(O)CNC2CCN(c3ccc(-c4nnn[nH]4)cc3)CC2)ccc1O. The first-order valence-corrected chi connectivity index (χ1v) is 12.5. The van der Waals surface area contributed by atoms with E-state index in [9.17, 15) is 18.6 Å². The van der Waals surface area contributed by atoms with Gasteiger partial charge in [0.2, 0.25) is 10.0 Å². The number of hydrogen-bond acceptors (Lipinski definition) is 9. The number of piperidine rings is 1. The number of H-pyrrole nitrogens is 1. The Labute approximate surface area is 191 Å². The van der Waals surface area contributed by atoms with Crippen LogP contribution >= 0.6 is 0 Å². The van der Waals surface area contributed by atoms with Crippen molar-refractivity contribution in [1.82, 2.24) is 25.9 Å². The lowest BCUT2D eigenvalue weighted by molar-refractivity contribution is 0.167. The van der Waals surface area contributed by atoms with Gasteiger partial charge in [0, 0.05) is 36.9 Å². The number of nitrogens with zero attached hydrogens (tertiary/aromatic N) is 4. The smallest absolute Gasteiger partial charge is 0.229 e. The number of tetrazole rings is 1. The number of anilines is 2. The molecule has 0 radical (unpaired) electrons. The monoisotopic (exact) mass is 473 g/mol. The Morgan fingerprint density at radius 2 is 1.91 bits per heavy atom. The van der Waals surface area contributed by atoms with E-state index in [-0.39, 0.29) is 17.5 Å². The summed E-state index contributed by atoms with van der Waals surface area (Å²) in [6.07, 6.45) is 2.03. The molecule has 0 amide bonds. The zero-order valence-corrected chi connectivity index (χ0v) is 19.0. The molecule has 1 saturated heterocycles. The maximum absolute atomic E-state index is 11.5. The molecule has 1 fully saturated rings. The van der Waals surface area contributed by atoms with Gasteiger partial charge in [-0.2, -0.15) is 0 Å². The first-order chi connectivity index (χ1) is 15.8. The average molecular weight is 474 g/mol. The number of aliphatic hydroxyl groups excluding tert-OH is 1. The first-order valence-electron chi connectivity index (χ1n) is 10.6. The maximum atomic E-state index is 11.5. The summed E-state index contributed by atoms with van der Waals surface area (Å²) >= 11 is 0.